The molecule has 0 saturated carbocycles. The number of ether oxygens (including phenoxy) is 1. The minimum absolute atomic E-state index is 0.188. The Morgan fingerprint density at radius 1 is 1.24 bits per heavy atom. The van der Waals surface area contributed by atoms with Crippen LogP contribution in [-0.2, 0) is 16.5 Å². The summed E-state index contributed by atoms with van der Waals surface area (Å²) in [6, 6.07) is 4.20. The van der Waals surface area contributed by atoms with Crippen LogP contribution in [0.1, 0.15) is 23.6 Å². The lowest BCUT2D eigenvalue weighted by atomic mass is 9.83. The van der Waals surface area contributed by atoms with E-state index >= 15 is 0 Å². The minimum atomic E-state index is -4.39. The van der Waals surface area contributed by atoms with Gasteiger partial charge in [-0.15, -0.1) is 0 Å². The normalized spacial score (nSPS) is 22.8. The third-order valence-electron chi connectivity index (χ3n) is 4.55. The Bertz CT molecular complexity index is 812. The molecular weight excluding hydrogens is 329 g/mol. The second-order valence-corrected chi connectivity index (χ2v) is 6.21. The number of halogens is 3. The predicted molar refractivity (Wildman–Crippen MR) is 91.3 cm³/mol. The van der Waals surface area contributed by atoms with Gasteiger partial charge >= 0.3 is 6.18 Å². The van der Waals surface area contributed by atoms with Gasteiger partial charge in [0.05, 0.1) is 24.5 Å². The van der Waals surface area contributed by atoms with E-state index in [1.54, 1.807) is 12.1 Å². The van der Waals surface area contributed by atoms with Gasteiger partial charge < -0.3 is 10.5 Å². The van der Waals surface area contributed by atoms with Crippen molar-refractivity contribution >= 4 is 5.71 Å². The van der Waals surface area contributed by atoms with Gasteiger partial charge in [0.1, 0.15) is 5.54 Å². The van der Waals surface area contributed by atoms with Crippen LogP contribution in [-0.4, -0.2) is 18.9 Å². The first-order valence-corrected chi connectivity index (χ1v) is 7.94. The zero-order valence-electron chi connectivity index (χ0n) is 14.0. The Labute approximate surface area is 144 Å². The number of allylic oxidation sites excluding steroid dienone is 4. The lowest BCUT2D eigenvalue weighted by molar-refractivity contribution is -0.138. The number of hydrogen-bond donors (Lipinski definition) is 1. The van der Waals surface area contributed by atoms with Gasteiger partial charge in [-0.05, 0) is 48.8 Å². The van der Waals surface area contributed by atoms with E-state index in [0.717, 1.165) is 11.6 Å². The fourth-order valence-electron chi connectivity index (χ4n) is 3.16. The highest BCUT2D eigenvalue weighted by Crippen LogP contribution is 2.41. The van der Waals surface area contributed by atoms with Gasteiger partial charge in [0, 0.05) is 5.70 Å². The van der Waals surface area contributed by atoms with Crippen molar-refractivity contribution < 1.29 is 17.9 Å². The van der Waals surface area contributed by atoms with E-state index in [2.05, 4.69) is 0 Å². The van der Waals surface area contributed by atoms with Crippen LogP contribution in [0.2, 0.25) is 0 Å². The first kappa shape index (κ1) is 17.5. The topological polar surface area (TPSA) is 47.6 Å². The average Bonchev–Trinajstić information content (AvgIpc) is 2.50. The number of nitrogens with zero attached hydrogens (tertiary/aromatic N) is 1. The molecule has 6 heteroatoms. The van der Waals surface area contributed by atoms with Gasteiger partial charge in [-0.1, -0.05) is 24.3 Å². The number of hydrogen-bond acceptors (Lipinski definition) is 3. The molecule has 2 aliphatic rings. The molecular formula is C19H19F3N2O. The van der Waals surface area contributed by atoms with E-state index in [1.165, 1.54) is 13.0 Å². The van der Waals surface area contributed by atoms with Crippen LogP contribution in [0.4, 0.5) is 13.2 Å². The summed E-state index contributed by atoms with van der Waals surface area (Å²) >= 11 is 0. The van der Waals surface area contributed by atoms with Crippen molar-refractivity contribution in [2.24, 2.45) is 10.7 Å². The van der Waals surface area contributed by atoms with Crippen LogP contribution >= 0.6 is 0 Å². The molecule has 0 unspecified atom stereocenters. The van der Waals surface area contributed by atoms with Crippen molar-refractivity contribution in [3.05, 3.63) is 70.5 Å². The van der Waals surface area contributed by atoms with E-state index in [4.69, 9.17) is 15.5 Å². The molecule has 1 heterocycles. The summed E-state index contributed by atoms with van der Waals surface area (Å²) in [4.78, 5) is 4.70. The molecule has 1 aromatic carbocycles. The smallest absolute Gasteiger partial charge is 0.398 e. The summed E-state index contributed by atoms with van der Waals surface area (Å²) in [6.07, 6.45) is 2.89. The number of benzene rings is 1. The fourth-order valence-corrected chi connectivity index (χ4v) is 3.16. The van der Waals surface area contributed by atoms with Crippen LogP contribution in [0.25, 0.3) is 0 Å². The Morgan fingerprint density at radius 2 is 1.96 bits per heavy atom. The van der Waals surface area contributed by atoms with Crippen LogP contribution in [0, 0.1) is 6.92 Å². The molecule has 1 aromatic rings. The lowest BCUT2D eigenvalue weighted by Gasteiger charge is -2.40. The predicted octanol–water partition coefficient (Wildman–Crippen LogP) is 4.04. The molecule has 1 saturated heterocycles. The molecule has 3 nitrogen and oxygen atoms in total. The monoisotopic (exact) mass is 348 g/mol. The third kappa shape index (κ3) is 3.14. The van der Waals surface area contributed by atoms with Crippen molar-refractivity contribution in [2.75, 3.05) is 13.2 Å². The molecule has 1 aliphatic carbocycles. The molecule has 1 fully saturated rings. The van der Waals surface area contributed by atoms with E-state index in [1.807, 2.05) is 25.2 Å². The molecule has 3 rings (SSSR count). The maximum atomic E-state index is 13.2. The second kappa shape index (κ2) is 6.19. The summed E-state index contributed by atoms with van der Waals surface area (Å²) in [5, 5.41) is 0. The Kier molecular flexibility index (Phi) is 4.33. The van der Waals surface area contributed by atoms with Crippen molar-refractivity contribution in [3.63, 3.8) is 0 Å². The SMILES string of the molecule is CC=C1C=CC(=NC2(c3cccc(C(F)(F)F)c3C)COC2)C=C1N. The Hall–Kier alpha value is -2.34. The fraction of sp³-hybridized carbons (Fsp3) is 0.316. The Balaban J connectivity index is 2.05. The summed E-state index contributed by atoms with van der Waals surface area (Å²) in [5.74, 6) is 0. The molecule has 0 atom stereocenters. The van der Waals surface area contributed by atoms with Crippen molar-refractivity contribution in [2.45, 2.75) is 25.6 Å². The molecule has 1 aliphatic heterocycles. The highest BCUT2D eigenvalue weighted by atomic mass is 19.4. The zero-order valence-corrected chi connectivity index (χ0v) is 14.0. The number of nitrogens with two attached hydrogens (primary N) is 1. The number of rotatable bonds is 2. The van der Waals surface area contributed by atoms with Crippen LogP contribution in [0.3, 0.4) is 0 Å². The van der Waals surface area contributed by atoms with Gasteiger partial charge in [0.15, 0.2) is 0 Å². The standard InChI is InChI=1S/C19H19F3N2O/c1-3-13-7-8-14(9-17(13)23)24-18(10-25-11-18)15-5-4-6-16(12(15)2)19(20,21)22/h3-9H,10-11,23H2,1-2H3. The molecule has 0 bridgehead atoms. The van der Waals surface area contributed by atoms with E-state index in [9.17, 15) is 13.2 Å². The van der Waals surface area contributed by atoms with Crippen molar-refractivity contribution in [1.29, 1.82) is 0 Å². The number of aliphatic imine (C=N–C) groups is 1. The summed E-state index contributed by atoms with van der Waals surface area (Å²) in [7, 11) is 0. The molecule has 0 aromatic heterocycles. The van der Waals surface area contributed by atoms with Crippen LogP contribution in [0.15, 0.2) is 58.8 Å². The van der Waals surface area contributed by atoms with Crippen molar-refractivity contribution in [1.82, 2.24) is 0 Å². The molecule has 0 amide bonds. The van der Waals surface area contributed by atoms with E-state index < -0.39 is 17.3 Å². The molecule has 132 valence electrons. The van der Waals surface area contributed by atoms with Crippen molar-refractivity contribution in [3.8, 4) is 0 Å². The van der Waals surface area contributed by atoms with Gasteiger partial charge in [-0.3, -0.25) is 4.99 Å². The van der Waals surface area contributed by atoms with Crippen LogP contribution < -0.4 is 5.73 Å². The van der Waals surface area contributed by atoms with Gasteiger partial charge in [-0.2, -0.15) is 13.2 Å². The summed E-state index contributed by atoms with van der Waals surface area (Å²) < 4.78 is 45.0. The quantitative estimate of drug-likeness (QED) is 0.877. The first-order chi connectivity index (χ1) is 11.8. The molecule has 0 spiro atoms. The molecule has 25 heavy (non-hydrogen) atoms. The summed E-state index contributed by atoms with van der Waals surface area (Å²) in [6.45, 7) is 3.86. The van der Waals surface area contributed by atoms with Gasteiger partial charge in [0.2, 0.25) is 0 Å². The second-order valence-electron chi connectivity index (χ2n) is 6.21. The average molecular weight is 348 g/mol. The maximum Gasteiger partial charge on any atom is 0.416 e. The third-order valence-corrected chi connectivity index (χ3v) is 4.55. The minimum Gasteiger partial charge on any atom is -0.398 e. The van der Waals surface area contributed by atoms with Gasteiger partial charge in [-0.25, -0.2) is 0 Å². The Morgan fingerprint density at radius 3 is 2.48 bits per heavy atom. The highest BCUT2D eigenvalue weighted by Gasteiger charge is 2.44. The molecule has 2 N–H and O–H groups in total. The molecule has 0 radical (unpaired) electrons. The van der Waals surface area contributed by atoms with E-state index in [-0.39, 0.29) is 18.8 Å². The van der Waals surface area contributed by atoms with Gasteiger partial charge in [0.25, 0.3) is 0 Å². The largest absolute Gasteiger partial charge is 0.416 e. The van der Waals surface area contributed by atoms with Crippen LogP contribution in [0.5, 0.6) is 0 Å². The first-order valence-electron chi connectivity index (χ1n) is 7.94. The highest BCUT2D eigenvalue weighted by molar-refractivity contribution is 6.07. The number of alkyl halides is 3. The van der Waals surface area contributed by atoms with E-state index in [0.29, 0.717) is 17.0 Å². The maximum absolute atomic E-state index is 13.2. The zero-order chi connectivity index (χ0) is 18.2. The lowest BCUT2D eigenvalue weighted by Crippen LogP contribution is -2.46. The summed E-state index contributed by atoms with van der Waals surface area (Å²) in [5.41, 5.74) is 7.38.